The first-order chi connectivity index (χ1) is 12.1. The average molecular weight is 338 g/mol. The summed E-state index contributed by atoms with van der Waals surface area (Å²) >= 11 is 0. The molecule has 132 valence electrons. The second-order valence-electron chi connectivity index (χ2n) is 6.26. The van der Waals surface area contributed by atoms with E-state index in [1.165, 1.54) is 0 Å². The molecule has 0 saturated carbocycles. The molecule has 2 aromatic carbocycles. The molecule has 0 radical (unpaired) electrons. The number of phenolic OH excluding ortho intramolecular Hbond substituents is 2. The van der Waals surface area contributed by atoms with Gasteiger partial charge in [-0.15, -0.1) is 0 Å². The highest BCUT2D eigenvalue weighted by atomic mass is 16.3. The predicted octanol–water partition coefficient (Wildman–Crippen LogP) is 4.42. The molecule has 0 heterocycles. The van der Waals surface area contributed by atoms with E-state index in [1.807, 2.05) is 38.1 Å². The van der Waals surface area contributed by atoms with Crippen LogP contribution in [-0.2, 0) is 0 Å². The van der Waals surface area contributed by atoms with Crippen molar-refractivity contribution in [3.05, 3.63) is 58.7 Å². The first-order valence-electron chi connectivity index (χ1n) is 8.65. The molecule has 0 saturated heterocycles. The largest absolute Gasteiger partial charge is 0.507 e. The molecule has 0 spiro atoms. The van der Waals surface area contributed by atoms with E-state index in [0.717, 1.165) is 54.6 Å². The van der Waals surface area contributed by atoms with Gasteiger partial charge in [0.05, 0.1) is 0 Å². The van der Waals surface area contributed by atoms with Gasteiger partial charge in [-0.3, -0.25) is 9.98 Å². The van der Waals surface area contributed by atoms with Crippen molar-refractivity contribution in [3.63, 3.8) is 0 Å². The van der Waals surface area contributed by atoms with Gasteiger partial charge in [0.2, 0.25) is 0 Å². The molecule has 4 nitrogen and oxygen atoms in total. The monoisotopic (exact) mass is 338 g/mol. The maximum Gasteiger partial charge on any atom is 0.124 e. The lowest BCUT2D eigenvalue weighted by Crippen LogP contribution is -1.90. The van der Waals surface area contributed by atoms with Gasteiger partial charge in [-0.05, 0) is 57.4 Å². The van der Waals surface area contributed by atoms with E-state index in [2.05, 4.69) is 9.98 Å². The van der Waals surface area contributed by atoms with E-state index in [1.54, 1.807) is 24.6 Å². The molecule has 2 aromatic rings. The second kappa shape index (κ2) is 9.62. The lowest BCUT2D eigenvalue weighted by molar-refractivity contribution is 0.474. The fourth-order valence-corrected chi connectivity index (χ4v) is 2.46. The van der Waals surface area contributed by atoms with E-state index in [4.69, 9.17) is 0 Å². The third-order valence-electron chi connectivity index (χ3n) is 3.90. The standard InChI is InChI=1S/C21H26N2O2/c1-16-6-8-20(24)18(12-16)14-22-10-4-3-5-11-23-15-19-13-17(2)7-9-21(19)25/h6-9,12-15,24-25H,3-5,10-11H2,1-2H3. The highest BCUT2D eigenvalue weighted by molar-refractivity contribution is 5.84. The van der Waals surface area contributed by atoms with E-state index in [0.29, 0.717) is 0 Å². The third kappa shape index (κ3) is 6.42. The minimum atomic E-state index is 0.267. The minimum Gasteiger partial charge on any atom is -0.507 e. The average Bonchev–Trinajstić information content (AvgIpc) is 2.59. The van der Waals surface area contributed by atoms with Crippen molar-refractivity contribution in [2.75, 3.05) is 13.1 Å². The van der Waals surface area contributed by atoms with Crippen LogP contribution in [0.1, 0.15) is 41.5 Å². The first-order valence-corrected chi connectivity index (χ1v) is 8.65. The molecule has 2 N–H and O–H groups in total. The quantitative estimate of drug-likeness (QED) is 0.552. The van der Waals surface area contributed by atoms with Crippen LogP contribution < -0.4 is 0 Å². The van der Waals surface area contributed by atoms with Crippen LogP contribution in [0.25, 0.3) is 0 Å². The molecular weight excluding hydrogens is 312 g/mol. The molecule has 0 fully saturated rings. The van der Waals surface area contributed by atoms with E-state index < -0.39 is 0 Å². The fraction of sp³-hybridized carbons (Fsp3) is 0.333. The Morgan fingerprint density at radius 2 is 1.16 bits per heavy atom. The number of aliphatic imine (C=N–C) groups is 2. The van der Waals surface area contributed by atoms with Crippen LogP contribution in [0.4, 0.5) is 0 Å². The van der Waals surface area contributed by atoms with Crippen molar-refractivity contribution in [1.82, 2.24) is 0 Å². The summed E-state index contributed by atoms with van der Waals surface area (Å²) in [5, 5.41) is 19.5. The molecule has 0 aliphatic rings. The zero-order valence-corrected chi connectivity index (χ0v) is 14.9. The molecule has 4 heteroatoms. The molecule has 0 unspecified atom stereocenters. The number of hydrogen-bond acceptors (Lipinski definition) is 4. The van der Waals surface area contributed by atoms with E-state index >= 15 is 0 Å². The lowest BCUT2D eigenvalue weighted by atomic mass is 10.1. The van der Waals surface area contributed by atoms with Gasteiger partial charge in [0.15, 0.2) is 0 Å². The van der Waals surface area contributed by atoms with Gasteiger partial charge < -0.3 is 10.2 Å². The van der Waals surface area contributed by atoms with Gasteiger partial charge in [-0.2, -0.15) is 0 Å². The molecule has 0 aliphatic heterocycles. The van der Waals surface area contributed by atoms with Gasteiger partial charge in [-0.1, -0.05) is 23.3 Å². The summed E-state index contributed by atoms with van der Waals surface area (Å²) in [7, 11) is 0. The summed E-state index contributed by atoms with van der Waals surface area (Å²) < 4.78 is 0. The summed E-state index contributed by atoms with van der Waals surface area (Å²) in [6.45, 7) is 5.48. The predicted molar refractivity (Wildman–Crippen MR) is 104 cm³/mol. The molecular formula is C21H26N2O2. The molecule has 2 rings (SSSR count). The Balaban J connectivity index is 1.65. The van der Waals surface area contributed by atoms with Crippen LogP contribution in [-0.4, -0.2) is 35.7 Å². The number of aryl methyl sites for hydroxylation is 2. The molecule has 0 amide bonds. The van der Waals surface area contributed by atoms with Crippen LogP contribution >= 0.6 is 0 Å². The molecule has 0 bridgehead atoms. The van der Waals surface area contributed by atoms with Crippen molar-refractivity contribution in [2.45, 2.75) is 33.1 Å². The second-order valence-corrected chi connectivity index (χ2v) is 6.26. The zero-order valence-electron chi connectivity index (χ0n) is 14.9. The Morgan fingerprint density at radius 1 is 0.720 bits per heavy atom. The van der Waals surface area contributed by atoms with Crippen LogP contribution in [0.15, 0.2) is 46.4 Å². The Bertz CT molecular complexity index is 688. The number of hydrogen-bond donors (Lipinski definition) is 2. The lowest BCUT2D eigenvalue weighted by Gasteiger charge is -2.01. The van der Waals surface area contributed by atoms with Crippen molar-refractivity contribution < 1.29 is 10.2 Å². The Kier molecular flexibility index (Phi) is 7.20. The number of aromatic hydroxyl groups is 2. The van der Waals surface area contributed by atoms with Crippen molar-refractivity contribution >= 4 is 12.4 Å². The van der Waals surface area contributed by atoms with Gasteiger partial charge in [0, 0.05) is 36.6 Å². The first kappa shape index (κ1) is 18.7. The maximum absolute atomic E-state index is 9.74. The van der Waals surface area contributed by atoms with Crippen molar-refractivity contribution in [1.29, 1.82) is 0 Å². The maximum atomic E-state index is 9.74. The molecule has 0 atom stereocenters. The van der Waals surface area contributed by atoms with Gasteiger partial charge >= 0.3 is 0 Å². The topological polar surface area (TPSA) is 65.2 Å². The number of rotatable bonds is 8. The van der Waals surface area contributed by atoms with Gasteiger partial charge in [-0.25, -0.2) is 0 Å². The SMILES string of the molecule is Cc1ccc(O)c(C=NCCCCCN=Cc2cc(C)ccc2O)c1. The number of nitrogens with zero attached hydrogens (tertiary/aromatic N) is 2. The Labute approximate surface area is 149 Å². The number of benzene rings is 2. The van der Waals surface area contributed by atoms with Crippen LogP contribution in [0, 0.1) is 13.8 Å². The van der Waals surface area contributed by atoms with Gasteiger partial charge in [0.25, 0.3) is 0 Å². The summed E-state index contributed by atoms with van der Waals surface area (Å²) in [6, 6.07) is 11.0. The smallest absolute Gasteiger partial charge is 0.124 e. The summed E-state index contributed by atoms with van der Waals surface area (Å²) in [4.78, 5) is 8.75. The van der Waals surface area contributed by atoms with Crippen molar-refractivity contribution in [3.8, 4) is 11.5 Å². The number of phenols is 2. The minimum absolute atomic E-state index is 0.267. The number of unbranched alkanes of at least 4 members (excludes halogenated alkanes) is 2. The molecule has 0 aliphatic carbocycles. The highest BCUT2D eigenvalue weighted by Gasteiger charge is 1.98. The Hall–Kier alpha value is -2.62. The zero-order chi connectivity index (χ0) is 18.1. The van der Waals surface area contributed by atoms with Crippen LogP contribution in [0.5, 0.6) is 11.5 Å². The third-order valence-corrected chi connectivity index (χ3v) is 3.90. The Morgan fingerprint density at radius 3 is 1.60 bits per heavy atom. The summed E-state index contributed by atoms with van der Waals surface area (Å²) in [5.74, 6) is 0.533. The van der Waals surface area contributed by atoms with E-state index in [-0.39, 0.29) is 11.5 Å². The van der Waals surface area contributed by atoms with Crippen LogP contribution in [0.2, 0.25) is 0 Å². The summed E-state index contributed by atoms with van der Waals surface area (Å²) in [5.41, 5.74) is 3.75. The van der Waals surface area contributed by atoms with E-state index in [9.17, 15) is 10.2 Å². The highest BCUT2D eigenvalue weighted by Crippen LogP contribution is 2.16. The summed E-state index contributed by atoms with van der Waals surface area (Å²) in [6.07, 6.45) is 6.51. The van der Waals surface area contributed by atoms with Crippen LogP contribution in [0.3, 0.4) is 0 Å². The van der Waals surface area contributed by atoms with Gasteiger partial charge in [0.1, 0.15) is 11.5 Å². The fourth-order valence-electron chi connectivity index (χ4n) is 2.46. The normalized spacial score (nSPS) is 11.6. The molecule has 0 aromatic heterocycles. The molecule has 25 heavy (non-hydrogen) atoms. The van der Waals surface area contributed by atoms with Crippen molar-refractivity contribution in [2.24, 2.45) is 9.98 Å².